The molecule has 2 aromatic heterocycles. The van der Waals surface area contributed by atoms with E-state index in [1.807, 2.05) is 0 Å². The van der Waals surface area contributed by atoms with Gasteiger partial charge in [-0.1, -0.05) is 0 Å². The molecule has 0 fully saturated rings. The highest BCUT2D eigenvalue weighted by atomic mass is 32.1. The summed E-state index contributed by atoms with van der Waals surface area (Å²) in [6.45, 7) is 1.99. The highest BCUT2D eigenvalue weighted by molar-refractivity contribution is 7.17. The van der Waals surface area contributed by atoms with E-state index in [2.05, 4.69) is 5.32 Å². The van der Waals surface area contributed by atoms with E-state index in [-0.39, 0.29) is 12.4 Å². The molecule has 8 nitrogen and oxygen atoms in total. The molecule has 0 spiro atoms. The molecule has 1 aliphatic rings. The van der Waals surface area contributed by atoms with Gasteiger partial charge in [-0.25, -0.2) is 4.79 Å². The van der Waals surface area contributed by atoms with Crippen LogP contribution >= 0.6 is 11.3 Å². The van der Waals surface area contributed by atoms with Crippen molar-refractivity contribution in [3.05, 3.63) is 50.1 Å². The third-order valence-electron chi connectivity index (χ3n) is 3.83. The number of esters is 1. The van der Waals surface area contributed by atoms with Gasteiger partial charge in [0, 0.05) is 11.0 Å². The summed E-state index contributed by atoms with van der Waals surface area (Å²) in [5.41, 5.74) is 1.38. The molecule has 0 aliphatic heterocycles. The lowest BCUT2D eigenvalue weighted by atomic mass is 10.1. The number of furan rings is 1. The molecule has 0 atom stereocenters. The second kappa shape index (κ2) is 7.52. The first kappa shape index (κ1) is 17.9. The lowest BCUT2D eigenvalue weighted by Gasteiger charge is -2.06. The van der Waals surface area contributed by atoms with Crippen LogP contribution in [0.25, 0.3) is 6.08 Å². The third kappa shape index (κ3) is 3.67. The number of hydrogen-bond donors (Lipinski definition) is 1. The molecule has 1 N–H and O–H groups in total. The fourth-order valence-electron chi connectivity index (χ4n) is 2.75. The fraction of sp³-hybridized carbons (Fsp3) is 0.294. The zero-order valence-electron chi connectivity index (χ0n) is 13.9. The first-order chi connectivity index (χ1) is 12.5. The van der Waals surface area contributed by atoms with Crippen molar-refractivity contribution in [1.29, 1.82) is 0 Å². The van der Waals surface area contributed by atoms with E-state index in [0.717, 1.165) is 29.7 Å². The molecule has 3 rings (SSSR count). The number of carbonyl (C=O) groups excluding carboxylic acids is 2. The Balaban J connectivity index is 1.75. The molecule has 1 amide bonds. The molecule has 2 aromatic rings. The van der Waals surface area contributed by atoms with Gasteiger partial charge >= 0.3 is 11.9 Å². The van der Waals surface area contributed by atoms with Gasteiger partial charge in [0.15, 0.2) is 0 Å². The maximum atomic E-state index is 12.3. The van der Waals surface area contributed by atoms with Gasteiger partial charge in [-0.15, -0.1) is 11.3 Å². The van der Waals surface area contributed by atoms with E-state index in [0.29, 0.717) is 10.6 Å². The van der Waals surface area contributed by atoms with Crippen molar-refractivity contribution in [2.24, 2.45) is 0 Å². The number of rotatable bonds is 6. The van der Waals surface area contributed by atoms with Crippen molar-refractivity contribution in [3.63, 3.8) is 0 Å². The highest BCUT2D eigenvalue weighted by Crippen LogP contribution is 2.39. The molecule has 0 saturated carbocycles. The first-order valence-corrected chi connectivity index (χ1v) is 8.86. The van der Waals surface area contributed by atoms with E-state index < -0.39 is 22.7 Å². The summed E-state index contributed by atoms with van der Waals surface area (Å²) in [6.07, 6.45) is 5.19. The van der Waals surface area contributed by atoms with Crippen LogP contribution in [0.15, 0.2) is 22.6 Å². The molecule has 26 heavy (non-hydrogen) atoms. The van der Waals surface area contributed by atoms with Gasteiger partial charge in [0.25, 0.3) is 0 Å². The Labute approximate surface area is 152 Å². The summed E-state index contributed by atoms with van der Waals surface area (Å²) in [6, 6.07) is 2.60. The Kier molecular flexibility index (Phi) is 5.17. The maximum absolute atomic E-state index is 12.3. The monoisotopic (exact) mass is 376 g/mol. The fourth-order valence-corrected chi connectivity index (χ4v) is 4.03. The minimum Gasteiger partial charge on any atom is -0.462 e. The number of thiophene rings is 1. The van der Waals surface area contributed by atoms with Crippen LogP contribution in [0.4, 0.5) is 10.9 Å². The van der Waals surface area contributed by atoms with Crippen LogP contribution in [0.5, 0.6) is 0 Å². The molecule has 0 aromatic carbocycles. The zero-order valence-corrected chi connectivity index (χ0v) is 14.8. The topological polar surface area (TPSA) is 112 Å². The summed E-state index contributed by atoms with van der Waals surface area (Å²) < 4.78 is 10.1. The van der Waals surface area contributed by atoms with Gasteiger partial charge in [0.05, 0.1) is 18.2 Å². The van der Waals surface area contributed by atoms with E-state index in [1.165, 1.54) is 35.6 Å². The summed E-state index contributed by atoms with van der Waals surface area (Å²) in [5.74, 6) is -1.11. The van der Waals surface area contributed by atoms with Crippen LogP contribution in [0.2, 0.25) is 0 Å². The van der Waals surface area contributed by atoms with E-state index in [4.69, 9.17) is 9.15 Å². The second-order valence-electron chi connectivity index (χ2n) is 5.54. The van der Waals surface area contributed by atoms with Crippen molar-refractivity contribution < 1.29 is 23.7 Å². The van der Waals surface area contributed by atoms with Crippen LogP contribution in [-0.4, -0.2) is 23.4 Å². The van der Waals surface area contributed by atoms with Crippen molar-refractivity contribution in [1.82, 2.24) is 0 Å². The summed E-state index contributed by atoms with van der Waals surface area (Å²) in [4.78, 5) is 35.4. The molecule has 9 heteroatoms. The molecule has 0 bridgehead atoms. The molecule has 1 aliphatic carbocycles. The minimum atomic E-state index is -0.657. The number of nitrogens with zero attached hydrogens (tertiary/aromatic N) is 1. The Morgan fingerprint density at radius 1 is 1.42 bits per heavy atom. The smallest absolute Gasteiger partial charge is 0.433 e. The summed E-state index contributed by atoms with van der Waals surface area (Å²) in [7, 11) is 0. The van der Waals surface area contributed by atoms with E-state index in [1.54, 1.807) is 6.92 Å². The number of nitro groups is 1. The van der Waals surface area contributed by atoms with Crippen molar-refractivity contribution >= 4 is 40.2 Å². The molecule has 0 radical (unpaired) electrons. The summed E-state index contributed by atoms with van der Waals surface area (Å²) in [5, 5.41) is 13.7. The maximum Gasteiger partial charge on any atom is 0.433 e. The highest BCUT2D eigenvalue weighted by Gasteiger charge is 2.28. The first-order valence-electron chi connectivity index (χ1n) is 8.04. The molecular weight excluding hydrogens is 360 g/mol. The largest absolute Gasteiger partial charge is 0.462 e. The molecule has 2 heterocycles. The summed E-state index contributed by atoms with van der Waals surface area (Å²) >= 11 is 1.38. The number of ether oxygens (including phenoxy) is 1. The van der Waals surface area contributed by atoms with Crippen molar-refractivity contribution in [3.8, 4) is 0 Å². The quantitative estimate of drug-likeness (QED) is 0.357. The van der Waals surface area contributed by atoms with Crippen LogP contribution in [0, 0.1) is 10.1 Å². The molecule has 0 unspecified atom stereocenters. The van der Waals surface area contributed by atoms with E-state index >= 15 is 0 Å². The Morgan fingerprint density at radius 2 is 2.23 bits per heavy atom. The Bertz CT molecular complexity index is 895. The van der Waals surface area contributed by atoms with Crippen LogP contribution < -0.4 is 5.32 Å². The average Bonchev–Trinajstić information content (AvgIpc) is 3.28. The van der Waals surface area contributed by atoms with E-state index in [9.17, 15) is 19.7 Å². The van der Waals surface area contributed by atoms with Crippen LogP contribution in [0.3, 0.4) is 0 Å². The van der Waals surface area contributed by atoms with Crippen molar-refractivity contribution in [2.45, 2.75) is 26.2 Å². The normalized spacial score (nSPS) is 13.0. The molecular formula is C17H16N2O6S. The minimum absolute atomic E-state index is 0.186. The predicted molar refractivity (Wildman–Crippen MR) is 95.3 cm³/mol. The Morgan fingerprint density at radius 3 is 2.92 bits per heavy atom. The third-order valence-corrected chi connectivity index (χ3v) is 5.04. The number of aryl methyl sites for hydroxylation is 1. The number of hydrogen-bond acceptors (Lipinski definition) is 7. The predicted octanol–water partition coefficient (Wildman–Crippen LogP) is 3.57. The second-order valence-corrected chi connectivity index (χ2v) is 6.64. The van der Waals surface area contributed by atoms with Gasteiger partial charge in [0.1, 0.15) is 15.7 Å². The van der Waals surface area contributed by atoms with Crippen molar-refractivity contribution in [2.75, 3.05) is 11.9 Å². The van der Waals surface area contributed by atoms with Gasteiger partial charge in [-0.3, -0.25) is 14.9 Å². The Hall–Kier alpha value is -2.94. The van der Waals surface area contributed by atoms with Gasteiger partial charge in [-0.05, 0) is 43.9 Å². The van der Waals surface area contributed by atoms with Crippen LogP contribution in [-0.2, 0) is 22.4 Å². The molecule has 0 saturated heterocycles. The standard InChI is InChI=1S/C17H16N2O6S/c1-2-24-17(21)15-11-4-3-5-12(11)26-16(15)18-13(20)8-6-10-7-9-14(25-10)19(22)23/h6-9H,2-5H2,1H3,(H,18,20). The number of anilines is 1. The zero-order chi connectivity index (χ0) is 18.7. The lowest BCUT2D eigenvalue weighted by Crippen LogP contribution is -2.13. The molecule has 136 valence electrons. The number of carbonyl (C=O) groups is 2. The van der Waals surface area contributed by atoms with Gasteiger partial charge in [-0.2, -0.15) is 0 Å². The van der Waals surface area contributed by atoms with Crippen LogP contribution in [0.1, 0.15) is 39.9 Å². The number of amides is 1. The SMILES string of the molecule is CCOC(=O)c1c(NC(=O)C=Cc2ccc([N+](=O)[O-])o2)sc2c1CCC2. The lowest BCUT2D eigenvalue weighted by molar-refractivity contribution is -0.402. The average molecular weight is 376 g/mol. The number of nitrogens with one attached hydrogen (secondary N) is 1. The van der Waals surface area contributed by atoms with Gasteiger partial charge < -0.3 is 14.5 Å². The number of fused-ring (bicyclic) bond motifs is 1. The van der Waals surface area contributed by atoms with Gasteiger partial charge in [0.2, 0.25) is 5.91 Å².